The van der Waals surface area contributed by atoms with Crippen molar-refractivity contribution in [3.8, 4) is 5.75 Å². The lowest BCUT2D eigenvalue weighted by Gasteiger charge is -2.17. The summed E-state index contributed by atoms with van der Waals surface area (Å²) in [4.78, 5) is 25.7. The van der Waals surface area contributed by atoms with Crippen LogP contribution < -0.4 is 10.1 Å². The van der Waals surface area contributed by atoms with Gasteiger partial charge in [-0.3, -0.25) is 14.5 Å². The zero-order valence-corrected chi connectivity index (χ0v) is 20.2. The highest BCUT2D eigenvalue weighted by Gasteiger charge is 2.23. The van der Waals surface area contributed by atoms with Crippen LogP contribution in [0, 0.1) is 0 Å². The lowest BCUT2D eigenvalue weighted by molar-refractivity contribution is -0.137. The Morgan fingerprint density at radius 2 is 1.95 bits per heavy atom. The number of nitrogens with one attached hydrogen (secondary N) is 1. The third kappa shape index (κ3) is 4.67. The highest BCUT2D eigenvalue weighted by Crippen LogP contribution is 2.31. The number of hydrogen-bond donors (Lipinski definition) is 2. The Morgan fingerprint density at radius 3 is 2.84 bits per heavy atom. The van der Waals surface area contributed by atoms with Crippen LogP contribution in [0.1, 0.15) is 35.8 Å². The van der Waals surface area contributed by atoms with Crippen molar-refractivity contribution in [3.05, 3.63) is 83.9 Å². The van der Waals surface area contributed by atoms with E-state index < -0.39 is 12.0 Å². The van der Waals surface area contributed by atoms with Crippen LogP contribution in [0.15, 0.2) is 67.0 Å². The van der Waals surface area contributed by atoms with Crippen LogP contribution in [0.25, 0.3) is 21.9 Å². The van der Waals surface area contributed by atoms with Crippen LogP contribution in [0.4, 0.5) is 5.82 Å². The van der Waals surface area contributed by atoms with E-state index in [0.717, 1.165) is 47.3 Å². The fourth-order valence-electron chi connectivity index (χ4n) is 4.81. The molecule has 1 atom stereocenters. The molecule has 186 valence electrons. The maximum absolute atomic E-state index is 11.8. The normalized spacial score (nSPS) is 13.7. The number of carboxylic acid groups (broad SMARTS) is 1. The van der Waals surface area contributed by atoms with E-state index in [1.54, 1.807) is 17.1 Å². The number of aliphatic carboxylic acids is 1. The number of nitrogens with zero attached hydrogens (tertiary/aromatic N) is 5. The largest absolute Gasteiger partial charge is 0.492 e. The van der Waals surface area contributed by atoms with E-state index in [9.17, 15) is 9.90 Å². The summed E-state index contributed by atoms with van der Waals surface area (Å²) in [6.07, 6.45) is 6.04. The predicted octanol–water partition coefficient (Wildman–Crippen LogP) is 4.42. The second kappa shape index (κ2) is 9.85. The molecule has 9 nitrogen and oxygen atoms in total. The van der Waals surface area contributed by atoms with Crippen molar-refractivity contribution in [3.63, 3.8) is 0 Å². The van der Waals surface area contributed by atoms with Gasteiger partial charge in [0, 0.05) is 18.7 Å². The van der Waals surface area contributed by atoms with E-state index in [2.05, 4.69) is 27.5 Å². The lowest BCUT2D eigenvalue weighted by Crippen LogP contribution is -2.18. The summed E-state index contributed by atoms with van der Waals surface area (Å²) < 4.78 is 7.85. The number of pyridine rings is 1. The lowest BCUT2D eigenvalue weighted by atomic mass is 10.1. The molecule has 1 unspecified atom stereocenters. The number of aryl methyl sites for hydroxylation is 1. The van der Waals surface area contributed by atoms with Crippen LogP contribution >= 0.6 is 0 Å². The minimum Gasteiger partial charge on any atom is -0.492 e. The molecule has 0 amide bonds. The molecule has 0 spiro atoms. The summed E-state index contributed by atoms with van der Waals surface area (Å²) in [7, 11) is 0. The first-order valence-corrected chi connectivity index (χ1v) is 12.4. The third-order valence-corrected chi connectivity index (χ3v) is 6.64. The number of anilines is 1. The molecule has 0 saturated carbocycles. The fourth-order valence-corrected chi connectivity index (χ4v) is 4.81. The maximum Gasteiger partial charge on any atom is 0.305 e. The molecule has 9 heteroatoms. The number of benzene rings is 2. The zero-order valence-electron chi connectivity index (χ0n) is 20.2. The van der Waals surface area contributed by atoms with E-state index in [-0.39, 0.29) is 6.42 Å². The summed E-state index contributed by atoms with van der Waals surface area (Å²) in [5.41, 5.74) is 5.03. The maximum atomic E-state index is 11.8. The van der Waals surface area contributed by atoms with E-state index in [1.165, 1.54) is 5.56 Å². The van der Waals surface area contributed by atoms with E-state index in [4.69, 9.17) is 14.7 Å². The van der Waals surface area contributed by atoms with Gasteiger partial charge in [0.25, 0.3) is 0 Å². The minimum absolute atomic E-state index is 0.174. The van der Waals surface area contributed by atoms with Gasteiger partial charge in [-0.15, -0.1) is 0 Å². The minimum atomic E-state index is -0.942. The van der Waals surface area contributed by atoms with Gasteiger partial charge in [0.2, 0.25) is 0 Å². The molecular weight excluding hydrogens is 468 g/mol. The first-order chi connectivity index (χ1) is 18.2. The number of para-hydroxylation sites is 2. The summed E-state index contributed by atoms with van der Waals surface area (Å²) in [6.45, 7) is 1.42. The van der Waals surface area contributed by atoms with Gasteiger partial charge in [-0.1, -0.05) is 24.3 Å². The number of carbonyl (C=O) groups is 1. The van der Waals surface area contributed by atoms with Gasteiger partial charge in [-0.05, 0) is 48.7 Å². The van der Waals surface area contributed by atoms with Crippen molar-refractivity contribution in [2.75, 3.05) is 18.5 Å². The molecule has 1 aliphatic rings. The molecule has 3 aromatic heterocycles. The highest BCUT2D eigenvalue weighted by atomic mass is 16.5. The molecule has 0 fully saturated rings. The predicted molar refractivity (Wildman–Crippen MR) is 140 cm³/mol. The van der Waals surface area contributed by atoms with Crippen molar-refractivity contribution in [2.24, 2.45) is 0 Å². The number of carboxylic acids is 1. The molecule has 4 heterocycles. The molecule has 0 bridgehead atoms. The Morgan fingerprint density at radius 1 is 1.05 bits per heavy atom. The van der Waals surface area contributed by atoms with Crippen molar-refractivity contribution >= 4 is 33.7 Å². The Labute approximate surface area is 213 Å². The standard InChI is InChI=1S/C28H26N6O3/c35-27(36)15-25(23-17-30-21-6-1-2-7-22(21)33-23)34-24-8-3-9-26(20(24)16-31-34)37-14-12-19-11-10-18-5-4-13-29-28(18)32-19/h1-3,6-11,16-17,25H,4-5,12-15H2,(H,29,32)(H,35,36). The Hall–Kier alpha value is -4.53. The van der Waals surface area contributed by atoms with Crippen LogP contribution in [0.5, 0.6) is 5.75 Å². The first-order valence-electron chi connectivity index (χ1n) is 12.4. The molecule has 2 aromatic carbocycles. The molecule has 6 rings (SSSR count). The van der Waals surface area contributed by atoms with Gasteiger partial charge in [-0.2, -0.15) is 5.10 Å². The van der Waals surface area contributed by atoms with Gasteiger partial charge < -0.3 is 15.2 Å². The number of fused-ring (bicyclic) bond motifs is 3. The van der Waals surface area contributed by atoms with Crippen molar-refractivity contribution in [1.82, 2.24) is 24.7 Å². The summed E-state index contributed by atoms with van der Waals surface area (Å²) in [6, 6.07) is 16.8. The smallest absolute Gasteiger partial charge is 0.305 e. The van der Waals surface area contributed by atoms with Gasteiger partial charge in [0.05, 0.1) is 53.1 Å². The Bertz CT molecular complexity index is 1600. The van der Waals surface area contributed by atoms with Gasteiger partial charge in [0.15, 0.2) is 0 Å². The molecule has 2 N–H and O–H groups in total. The summed E-state index contributed by atoms with van der Waals surface area (Å²) in [5.74, 6) is 0.731. The van der Waals surface area contributed by atoms with Crippen LogP contribution in [-0.4, -0.2) is 49.0 Å². The van der Waals surface area contributed by atoms with Gasteiger partial charge >= 0.3 is 5.97 Å². The molecule has 5 aromatic rings. The summed E-state index contributed by atoms with van der Waals surface area (Å²) in [5, 5.41) is 18.4. The van der Waals surface area contributed by atoms with Gasteiger partial charge in [0.1, 0.15) is 17.6 Å². The molecule has 1 aliphatic heterocycles. The van der Waals surface area contributed by atoms with Crippen LogP contribution in [0.2, 0.25) is 0 Å². The van der Waals surface area contributed by atoms with Crippen molar-refractivity contribution in [2.45, 2.75) is 31.7 Å². The zero-order chi connectivity index (χ0) is 25.2. The topological polar surface area (TPSA) is 115 Å². The average molecular weight is 495 g/mol. The van der Waals surface area contributed by atoms with E-state index in [0.29, 0.717) is 30.0 Å². The highest BCUT2D eigenvalue weighted by molar-refractivity contribution is 5.85. The second-order valence-electron chi connectivity index (χ2n) is 9.11. The number of aromatic nitrogens is 5. The Balaban J connectivity index is 1.26. The molecule has 0 aliphatic carbocycles. The number of rotatable bonds is 8. The monoisotopic (exact) mass is 494 g/mol. The van der Waals surface area contributed by atoms with E-state index in [1.807, 2.05) is 42.5 Å². The van der Waals surface area contributed by atoms with Crippen LogP contribution in [0.3, 0.4) is 0 Å². The SMILES string of the molecule is O=C(O)CC(c1cnc2ccccc2n1)n1ncc2c(OCCc3ccc4c(n3)NCCC4)cccc21. The quantitative estimate of drug-likeness (QED) is 0.326. The average Bonchev–Trinajstić information content (AvgIpc) is 3.36. The molecule has 37 heavy (non-hydrogen) atoms. The van der Waals surface area contributed by atoms with Crippen LogP contribution in [-0.2, 0) is 17.6 Å². The number of ether oxygens (including phenoxy) is 1. The third-order valence-electron chi connectivity index (χ3n) is 6.64. The van der Waals surface area contributed by atoms with Gasteiger partial charge in [-0.25, -0.2) is 9.97 Å². The Kier molecular flexibility index (Phi) is 6.10. The fraction of sp³-hybridized carbons (Fsp3) is 0.250. The molecule has 0 radical (unpaired) electrons. The van der Waals surface area contributed by atoms with Crippen molar-refractivity contribution in [1.29, 1.82) is 0 Å². The van der Waals surface area contributed by atoms with Crippen molar-refractivity contribution < 1.29 is 14.6 Å². The van der Waals surface area contributed by atoms with E-state index >= 15 is 0 Å². The second-order valence-corrected chi connectivity index (χ2v) is 9.11. The summed E-state index contributed by atoms with van der Waals surface area (Å²) >= 11 is 0. The first kappa shape index (κ1) is 22.9. The number of hydrogen-bond acceptors (Lipinski definition) is 7. The molecular formula is C28H26N6O3. The molecule has 0 saturated heterocycles.